The first-order valence-electron chi connectivity index (χ1n) is 5.55. The quantitative estimate of drug-likeness (QED) is 0.873. The third kappa shape index (κ3) is 3.57. The van der Waals surface area contributed by atoms with Gasteiger partial charge in [-0.3, -0.25) is 0 Å². The lowest BCUT2D eigenvalue weighted by Gasteiger charge is -2.09. The molecule has 0 unspecified atom stereocenters. The molecule has 0 radical (unpaired) electrons. The topological polar surface area (TPSA) is 35.2 Å². The lowest BCUT2D eigenvalue weighted by Crippen LogP contribution is -1.99. The van der Waals surface area contributed by atoms with Crippen molar-refractivity contribution in [1.29, 1.82) is 0 Å². The summed E-state index contributed by atoms with van der Waals surface area (Å²) < 4.78 is 7.76. The molecule has 0 fully saturated rings. The first-order valence-corrected chi connectivity index (χ1v) is 7.13. The minimum Gasteiger partial charge on any atom is -0.488 e. The van der Waals surface area contributed by atoms with Gasteiger partial charge in [-0.05, 0) is 51.3 Å². The maximum Gasteiger partial charge on any atom is 0.134 e. The van der Waals surface area contributed by atoms with Gasteiger partial charge < -0.3 is 10.5 Å². The molecule has 0 atom stereocenters. The van der Waals surface area contributed by atoms with E-state index in [4.69, 9.17) is 10.5 Å². The van der Waals surface area contributed by atoms with E-state index < -0.39 is 0 Å². The Morgan fingerprint density at radius 2 is 1.61 bits per heavy atom. The summed E-state index contributed by atoms with van der Waals surface area (Å²) in [6.45, 7) is 1.08. The van der Waals surface area contributed by atoms with Crippen molar-refractivity contribution in [3.05, 3.63) is 62.5 Å². The number of ether oxygens (including phenoxy) is 1. The summed E-state index contributed by atoms with van der Waals surface area (Å²) in [5.74, 6) is 0.829. The van der Waals surface area contributed by atoms with Crippen molar-refractivity contribution in [2.45, 2.75) is 13.2 Å². The van der Waals surface area contributed by atoms with Crippen molar-refractivity contribution >= 4 is 31.9 Å². The highest BCUT2D eigenvalue weighted by atomic mass is 79.9. The normalized spacial score (nSPS) is 10.4. The summed E-state index contributed by atoms with van der Waals surface area (Å²) in [6.07, 6.45) is 0. The number of benzene rings is 2. The second-order valence-corrected chi connectivity index (χ2v) is 5.65. The molecule has 94 valence electrons. The van der Waals surface area contributed by atoms with Gasteiger partial charge in [0, 0.05) is 11.0 Å². The van der Waals surface area contributed by atoms with E-state index in [2.05, 4.69) is 31.9 Å². The van der Waals surface area contributed by atoms with Crippen LogP contribution in [0.4, 0.5) is 0 Å². The van der Waals surface area contributed by atoms with Crippen LogP contribution in [0.2, 0.25) is 0 Å². The molecule has 4 heteroatoms. The molecule has 0 aliphatic carbocycles. The average Bonchev–Trinajstić information content (AvgIpc) is 2.39. The fourth-order valence-corrected chi connectivity index (χ4v) is 2.34. The van der Waals surface area contributed by atoms with E-state index in [0.29, 0.717) is 13.2 Å². The fourth-order valence-electron chi connectivity index (χ4n) is 1.53. The summed E-state index contributed by atoms with van der Waals surface area (Å²) >= 11 is 6.89. The van der Waals surface area contributed by atoms with E-state index in [9.17, 15) is 0 Å². The van der Waals surface area contributed by atoms with Crippen LogP contribution in [0.5, 0.6) is 5.75 Å². The Bertz CT molecular complexity index is 526. The SMILES string of the molecule is NCc1ccc(OCc2ccc(Br)cc2)c(Br)c1. The summed E-state index contributed by atoms with van der Waals surface area (Å²) in [5, 5.41) is 0. The number of hydrogen-bond acceptors (Lipinski definition) is 2. The predicted molar refractivity (Wildman–Crippen MR) is 80.5 cm³/mol. The van der Waals surface area contributed by atoms with Crippen molar-refractivity contribution in [2.24, 2.45) is 5.73 Å². The van der Waals surface area contributed by atoms with Gasteiger partial charge in [-0.1, -0.05) is 34.1 Å². The van der Waals surface area contributed by atoms with E-state index in [-0.39, 0.29) is 0 Å². The van der Waals surface area contributed by atoms with Gasteiger partial charge in [0.2, 0.25) is 0 Å². The maximum atomic E-state index is 5.76. The van der Waals surface area contributed by atoms with Crippen LogP contribution in [0.1, 0.15) is 11.1 Å². The van der Waals surface area contributed by atoms with Crippen molar-refractivity contribution in [1.82, 2.24) is 0 Å². The third-order valence-electron chi connectivity index (χ3n) is 2.54. The van der Waals surface area contributed by atoms with Crippen LogP contribution in [0.15, 0.2) is 51.4 Å². The minimum absolute atomic E-state index is 0.533. The van der Waals surface area contributed by atoms with E-state index in [1.165, 1.54) is 0 Å². The molecule has 0 saturated carbocycles. The van der Waals surface area contributed by atoms with Crippen LogP contribution in [0.25, 0.3) is 0 Å². The Morgan fingerprint density at radius 1 is 0.944 bits per heavy atom. The molecular formula is C14H13Br2NO. The molecular weight excluding hydrogens is 358 g/mol. The molecule has 0 aromatic heterocycles. The molecule has 0 spiro atoms. The number of rotatable bonds is 4. The average molecular weight is 371 g/mol. The lowest BCUT2D eigenvalue weighted by atomic mass is 10.2. The molecule has 0 heterocycles. The molecule has 2 N–H and O–H groups in total. The molecule has 2 aromatic rings. The van der Waals surface area contributed by atoms with Crippen LogP contribution < -0.4 is 10.5 Å². The third-order valence-corrected chi connectivity index (χ3v) is 3.69. The molecule has 0 aliphatic rings. The van der Waals surface area contributed by atoms with Gasteiger partial charge in [-0.25, -0.2) is 0 Å². The summed E-state index contributed by atoms with van der Waals surface area (Å²) in [6, 6.07) is 14.0. The van der Waals surface area contributed by atoms with Gasteiger partial charge in [0.05, 0.1) is 4.47 Å². The monoisotopic (exact) mass is 369 g/mol. The van der Waals surface area contributed by atoms with Crippen molar-refractivity contribution < 1.29 is 4.74 Å². The van der Waals surface area contributed by atoms with Gasteiger partial charge in [0.15, 0.2) is 0 Å². The van der Waals surface area contributed by atoms with Gasteiger partial charge in [0.1, 0.15) is 12.4 Å². The van der Waals surface area contributed by atoms with E-state index >= 15 is 0 Å². The Balaban J connectivity index is 2.04. The summed E-state index contributed by atoms with van der Waals surface area (Å²) in [4.78, 5) is 0. The highest BCUT2D eigenvalue weighted by Gasteiger charge is 2.02. The second-order valence-electron chi connectivity index (χ2n) is 3.88. The molecule has 2 nitrogen and oxygen atoms in total. The van der Waals surface area contributed by atoms with Gasteiger partial charge >= 0.3 is 0 Å². The van der Waals surface area contributed by atoms with Crippen molar-refractivity contribution in [3.8, 4) is 5.75 Å². The number of nitrogens with two attached hydrogens (primary N) is 1. The van der Waals surface area contributed by atoms with Crippen LogP contribution in [0, 0.1) is 0 Å². The number of hydrogen-bond donors (Lipinski definition) is 1. The van der Waals surface area contributed by atoms with E-state index in [1.807, 2.05) is 42.5 Å². The standard InChI is InChI=1S/C14H13Br2NO/c15-12-4-1-10(2-5-12)9-18-14-6-3-11(8-17)7-13(14)16/h1-7H,8-9,17H2. The largest absolute Gasteiger partial charge is 0.488 e. The van der Waals surface area contributed by atoms with Crippen molar-refractivity contribution in [2.75, 3.05) is 0 Å². The van der Waals surface area contributed by atoms with Crippen LogP contribution >= 0.6 is 31.9 Å². The van der Waals surface area contributed by atoms with Crippen molar-refractivity contribution in [3.63, 3.8) is 0 Å². The maximum absolute atomic E-state index is 5.76. The van der Waals surface area contributed by atoms with Crippen LogP contribution in [0.3, 0.4) is 0 Å². The highest BCUT2D eigenvalue weighted by molar-refractivity contribution is 9.10. The van der Waals surface area contributed by atoms with Gasteiger partial charge in [0.25, 0.3) is 0 Å². The summed E-state index contributed by atoms with van der Waals surface area (Å²) in [5.41, 5.74) is 7.80. The number of halogens is 2. The second kappa shape index (κ2) is 6.36. The van der Waals surface area contributed by atoms with Gasteiger partial charge in [-0.15, -0.1) is 0 Å². The van der Waals surface area contributed by atoms with E-state index in [1.54, 1.807) is 0 Å². The fraction of sp³-hybridized carbons (Fsp3) is 0.143. The molecule has 0 amide bonds. The van der Waals surface area contributed by atoms with Gasteiger partial charge in [-0.2, -0.15) is 0 Å². The minimum atomic E-state index is 0.533. The molecule has 0 aliphatic heterocycles. The Hall–Kier alpha value is -0.840. The summed E-state index contributed by atoms with van der Waals surface area (Å²) in [7, 11) is 0. The first-order chi connectivity index (χ1) is 8.69. The molecule has 2 rings (SSSR count). The molecule has 18 heavy (non-hydrogen) atoms. The smallest absolute Gasteiger partial charge is 0.134 e. The predicted octanol–water partition coefficient (Wildman–Crippen LogP) is 4.25. The van der Waals surface area contributed by atoms with E-state index in [0.717, 1.165) is 25.8 Å². The zero-order valence-corrected chi connectivity index (χ0v) is 12.9. The zero-order chi connectivity index (χ0) is 13.0. The highest BCUT2D eigenvalue weighted by Crippen LogP contribution is 2.26. The zero-order valence-electron chi connectivity index (χ0n) is 9.70. The molecule has 2 aromatic carbocycles. The van der Waals surface area contributed by atoms with Crippen LogP contribution in [-0.4, -0.2) is 0 Å². The molecule has 0 bridgehead atoms. The Labute approximate surface area is 123 Å². The lowest BCUT2D eigenvalue weighted by molar-refractivity contribution is 0.304. The Kier molecular flexibility index (Phi) is 4.80. The van der Waals surface area contributed by atoms with Crippen LogP contribution in [-0.2, 0) is 13.2 Å². The first kappa shape index (κ1) is 13.6. The Morgan fingerprint density at radius 3 is 2.22 bits per heavy atom. The molecule has 0 saturated heterocycles.